The van der Waals surface area contributed by atoms with Crippen LogP contribution in [0.2, 0.25) is 0 Å². The summed E-state index contributed by atoms with van der Waals surface area (Å²) >= 11 is 2.28. The molecule has 86 valence electrons. The maximum atomic E-state index is 11.7. The number of halogens is 1. The molecule has 1 aliphatic carbocycles. The fourth-order valence-corrected chi connectivity index (χ4v) is 3.24. The lowest BCUT2D eigenvalue weighted by Gasteiger charge is -2.42. The minimum Gasteiger partial charge on any atom is -0.300 e. The van der Waals surface area contributed by atoms with Crippen molar-refractivity contribution in [2.75, 3.05) is 0 Å². The summed E-state index contributed by atoms with van der Waals surface area (Å²) in [5.41, 5.74) is 0.392. The molecule has 0 aromatic carbocycles. The standard InChI is InChI=1S/C13H21IO/c1-10(14)5-6-13(4)8-11(15)7-12(2,3)9-13/h1,5-9H2,2-4H3/t13-/m0/s1. The van der Waals surface area contributed by atoms with E-state index in [-0.39, 0.29) is 10.8 Å². The van der Waals surface area contributed by atoms with Crippen molar-refractivity contribution in [2.45, 2.75) is 52.9 Å². The summed E-state index contributed by atoms with van der Waals surface area (Å²) in [5.74, 6) is 0.438. The Morgan fingerprint density at radius 1 is 1.40 bits per heavy atom. The van der Waals surface area contributed by atoms with Crippen LogP contribution in [0.15, 0.2) is 10.2 Å². The fraction of sp³-hybridized carbons (Fsp3) is 0.769. The topological polar surface area (TPSA) is 17.1 Å². The van der Waals surface area contributed by atoms with Crippen molar-refractivity contribution in [1.29, 1.82) is 0 Å². The first-order valence-corrected chi connectivity index (χ1v) is 6.65. The third kappa shape index (κ3) is 4.25. The predicted octanol–water partition coefficient (Wildman–Crippen LogP) is 4.50. The average molecular weight is 320 g/mol. The lowest BCUT2D eigenvalue weighted by molar-refractivity contribution is -0.127. The average Bonchev–Trinajstić information content (AvgIpc) is 1.96. The molecule has 0 unspecified atom stereocenters. The molecular weight excluding hydrogens is 299 g/mol. The van der Waals surface area contributed by atoms with Gasteiger partial charge >= 0.3 is 0 Å². The Bertz CT molecular complexity index is 280. The zero-order valence-corrected chi connectivity index (χ0v) is 12.2. The highest BCUT2D eigenvalue weighted by atomic mass is 127. The quantitative estimate of drug-likeness (QED) is 0.700. The third-order valence-corrected chi connectivity index (χ3v) is 3.74. The second-order valence-corrected chi connectivity index (χ2v) is 7.59. The van der Waals surface area contributed by atoms with E-state index in [2.05, 4.69) is 49.9 Å². The van der Waals surface area contributed by atoms with E-state index >= 15 is 0 Å². The van der Waals surface area contributed by atoms with E-state index in [1.165, 1.54) is 3.58 Å². The molecule has 0 heterocycles. The minimum atomic E-state index is 0.191. The van der Waals surface area contributed by atoms with E-state index in [1.807, 2.05) is 0 Å². The van der Waals surface area contributed by atoms with Crippen LogP contribution in [0.1, 0.15) is 52.9 Å². The summed E-state index contributed by atoms with van der Waals surface area (Å²) in [6, 6.07) is 0. The van der Waals surface area contributed by atoms with Gasteiger partial charge in [0.15, 0.2) is 0 Å². The van der Waals surface area contributed by atoms with Crippen molar-refractivity contribution < 1.29 is 4.79 Å². The van der Waals surface area contributed by atoms with Crippen LogP contribution in [0.3, 0.4) is 0 Å². The highest BCUT2D eigenvalue weighted by molar-refractivity contribution is 14.1. The molecule has 0 radical (unpaired) electrons. The smallest absolute Gasteiger partial charge is 0.133 e. The second kappa shape index (κ2) is 4.56. The van der Waals surface area contributed by atoms with Gasteiger partial charge in [0.25, 0.3) is 0 Å². The van der Waals surface area contributed by atoms with Gasteiger partial charge in [-0.2, -0.15) is 0 Å². The van der Waals surface area contributed by atoms with Gasteiger partial charge in [0.1, 0.15) is 5.78 Å². The van der Waals surface area contributed by atoms with E-state index in [4.69, 9.17) is 0 Å². The summed E-state index contributed by atoms with van der Waals surface area (Å²) in [6.07, 6.45) is 4.83. The van der Waals surface area contributed by atoms with Crippen LogP contribution in [-0.2, 0) is 4.79 Å². The summed E-state index contributed by atoms with van der Waals surface area (Å²) in [5, 5.41) is 0. The normalized spacial score (nSPS) is 30.3. The molecule has 0 saturated heterocycles. The third-order valence-electron chi connectivity index (χ3n) is 3.20. The van der Waals surface area contributed by atoms with Crippen LogP contribution < -0.4 is 0 Å². The first-order valence-electron chi connectivity index (χ1n) is 5.58. The number of ketones is 1. The van der Waals surface area contributed by atoms with Gasteiger partial charge in [0.05, 0.1) is 0 Å². The molecule has 0 aromatic heterocycles. The van der Waals surface area contributed by atoms with Crippen molar-refractivity contribution in [1.82, 2.24) is 0 Å². The maximum Gasteiger partial charge on any atom is 0.133 e. The number of hydrogen-bond acceptors (Lipinski definition) is 1. The molecule has 0 bridgehead atoms. The maximum absolute atomic E-state index is 11.7. The molecule has 1 saturated carbocycles. The number of Topliss-reactive ketones (excluding diaryl/α,β-unsaturated/α-hetero) is 1. The van der Waals surface area contributed by atoms with Gasteiger partial charge in [0.2, 0.25) is 0 Å². The second-order valence-electron chi connectivity index (χ2n) is 6.06. The number of carbonyl (C=O) groups is 1. The molecule has 15 heavy (non-hydrogen) atoms. The SMILES string of the molecule is C=C(I)CC[C@@]1(C)CC(=O)CC(C)(C)C1. The lowest BCUT2D eigenvalue weighted by Crippen LogP contribution is -2.35. The van der Waals surface area contributed by atoms with Crippen molar-refractivity contribution in [3.8, 4) is 0 Å². The Balaban J connectivity index is 2.66. The largest absolute Gasteiger partial charge is 0.300 e. The number of hydrogen-bond donors (Lipinski definition) is 0. The van der Waals surface area contributed by atoms with Crippen molar-refractivity contribution in [3.05, 3.63) is 10.2 Å². The van der Waals surface area contributed by atoms with E-state index in [0.29, 0.717) is 5.78 Å². The number of allylic oxidation sites excluding steroid dienone is 1. The van der Waals surface area contributed by atoms with E-state index in [0.717, 1.165) is 32.1 Å². The van der Waals surface area contributed by atoms with Gasteiger partial charge in [0, 0.05) is 12.8 Å². The highest BCUT2D eigenvalue weighted by Crippen LogP contribution is 2.47. The van der Waals surface area contributed by atoms with Crippen LogP contribution in [0.4, 0.5) is 0 Å². The van der Waals surface area contributed by atoms with Crippen LogP contribution in [-0.4, -0.2) is 5.78 Å². The fourth-order valence-electron chi connectivity index (χ4n) is 2.97. The van der Waals surface area contributed by atoms with Crippen LogP contribution in [0, 0.1) is 10.8 Å². The molecular formula is C13H21IO. The molecule has 1 aliphatic rings. The molecule has 1 nitrogen and oxygen atoms in total. The summed E-state index contributed by atoms with van der Waals surface area (Å²) in [6.45, 7) is 10.6. The van der Waals surface area contributed by atoms with Gasteiger partial charge < -0.3 is 0 Å². The molecule has 1 atom stereocenters. The molecule has 0 aliphatic heterocycles. The van der Waals surface area contributed by atoms with Gasteiger partial charge in [-0.15, -0.1) is 0 Å². The molecule has 2 heteroatoms. The summed E-state index contributed by atoms with van der Waals surface area (Å²) in [4.78, 5) is 11.7. The van der Waals surface area contributed by atoms with E-state index in [1.54, 1.807) is 0 Å². The number of carbonyl (C=O) groups excluding carboxylic acids is 1. The van der Waals surface area contributed by atoms with Crippen LogP contribution in [0.5, 0.6) is 0 Å². The first kappa shape index (κ1) is 13.2. The first-order chi connectivity index (χ1) is 6.72. The zero-order chi connectivity index (χ0) is 11.7. The van der Waals surface area contributed by atoms with Crippen LogP contribution >= 0.6 is 22.6 Å². The van der Waals surface area contributed by atoms with E-state index in [9.17, 15) is 4.79 Å². The van der Waals surface area contributed by atoms with Crippen molar-refractivity contribution >= 4 is 28.4 Å². The Morgan fingerprint density at radius 2 is 2.00 bits per heavy atom. The summed E-state index contributed by atoms with van der Waals surface area (Å²) in [7, 11) is 0. The number of rotatable bonds is 3. The Labute approximate surface area is 107 Å². The molecule has 0 spiro atoms. The van der Waals surface area contributed by atoms with E-state index < -0.39 is 0 Å². The minimum absolute atomic E-state index is 0.191. The monoisotopic (exact) mass is 320 g/mol. The highest BCUT2D eigenvalue weighted by Gasteiger charge is 2.40. The van der Waals surface area contributed by atoms with Crippen LogP contribution in [0.25, 0.3) is 0 Å². The van der Waals surface area contributed by atoms with Gasteiger partial charge in [-0.3, -0.25) is 4.79 Å². The molecule has 0 aromatic rings. The lowest BCUT2D eigenvalue weighted by atomic mass is 9.62. The Morgan fingerprint density at radius 3 is 2.47 bits per heavy atom. The predicted molar refractivity (Wildman–Crippen MR) is 73.1 cm³/mol. The Kier molecular flexibility index (Phi) is 4.01. The molecule has 0 N–H and O–H groups in total. The molecule has 1 rings (SSSR count). The zero-order valence-electron chi connectivity index (χ0n) is 10.0. The molecule has 1 fully saturated rings. The van der Waals surface area contributed by atoms with Gasteiger partial charge in [-0.1, -0.05) is 27.4 Å². The van der Waals surface area contributed by atoms with Gasteiger partial charge in [-0.05, 0) is 56.3 Å². The van der Waals surface area contributed by atoms with Crippen molar-refractivity contribution in [3.63, 3.8) is 0 Å². The van der Waals surface area contributed by atoms with Gasteiger partial charge in [-0.25, -0.2) is 0 Å². The summed E-state index contributed by atoms with van der Waals surface area (Å²) < 4.78 is 1.20. The Hall–Kier alpha value is 0.140. The van der Waals surface area contributed by atoms with Crippen molar-refractivity contribution in [2.24, 2.45) is 10.8 Å². The molecule has 0 amide bonds.